The van der Waals surface area contributed by atoms with Crippen LogP contribution in [0, 0.1) is 0 Å². The predicted molar refractivity (Wildman–Crippen MR) is 62.5 cm³/mol. The Bertz CT molecular complexity index is 254. The van der Waals surface area contributed by atoms with E-state index in [1.54, 1.807) is 5.01 Å². The zero-order chi connectivity index (χ0) is 10.6. The Morgan fingerprint density at radius 1 is 1.07 bits per heavy atom. The highest BCUT2D eigenvalue weighted by Crippen LogP contribution is 2.15. The van der Waals surface area contributed by atoms with Crippen molar-refractivity contribution in [2.45, 2.75) is 24.8 Å². The van der Waals surface area contributed by atoms with Gasteiger partial charge in [-0.25, -0.2) is 0 Å². The first kappa shape index (κ1) is 11.6. The molecule has 0 saturated heterocycles. The van der Waals surface area contributed by atoms with Crippen LogP contribution in [-0.2, 0) is 0 Å². The predicted octanol–water partition coefficient (Wildman–Crippen LogP) is 3.49. The number of hydrogen-bond acceptors (Lipinski definition) is 2. The van der Waals surface area contributed by atoms with Gasteiger partial charge in [-0.1, -0.05) is 18.2 Å². The number of alkyl halides is 2. The van der Waals surface area contributed by atoms with Crippen LogP contribution in [0.1, 0.15) is 13.8 Å². The fraction of sp³-hybridized carbons (Fsp3) is 0.400. The van der Waals surface area contributed by atoms with Crippen LogP contribution in [0.5, 0.6) is 0 Å². The van der Waals surface area contributed by atoms with E-state index in [0.29, 0.717) is 0 Å². The lowest BCUT2D eigenvalue weighted by molar-refractivity contribution is 0.305. The monoisotopic (exact) mass is 232 g/mol. The summed E-state index contributed by atoms with van der Waals surface area (Å²) in [6.45, 7) is 3.74. The maximum atomic E-state index is 5.97. The summed E-state index contributed by atoms with van der Waals surface area (Å²) in [7, 11) is 0. The SMILES string of the molecule is CC(Cl)N(Nc1ccccc1)C(C)Cl. The second-order valence-electron chi connectivity index (χ2n) is 3.03. The lowest BCUT2D eigenvalue weighted by Gasteiger charge is -2.28. The quantitative estimate of drug-likeness (QED) is 0.486. The van der Waals surface area contributed by atoms with Gasteiger partial charge in [0.05, 0.1) is 0 Å². The molecule has 2 unspecified atom stereocenters. The average Bonchev–Trinajstić information content (AvgIpc) is 2.15. The molecule has 0 aromatic heterocycles. The molecule has 1 N–H and O–H groups in total. The summed E-state index contributed by atoms with van der Waals surface area (Å²) >= 11 is 11.9. The summed E-state index contributed by atoms with van der Waals surface area (Å²) in [5.74, 6) is 0. The van der Waals surface area contributed by atoms with Gasteiger partial charge in [-0.15, -0.1) is 23.2 Å². The zero-order valence-electron chi connectivity index (χ0n) is 8.24. The van der Waals surface area contributed by atoms with Crippen LogP contribution in [0.4, 0.5) is 5.69 Å². The molecule has 0 heterocycles. The van der Waals surface area contributed by atoms with Gasteiger partial charge in [-0.05, 0) is 26.0 Å². The molecule has 14 heavy (non-hydrogen) atoms. The third-order valence-corrected chi connectivity index (χ3v) is 2.22. The molecule has 0 aliphatic carbocycles. The summed E-state index contributed by atoms with van der Waals surface area (Å²) in [4.78, 5) is 0. The molecule has 4 heteroatoms. The maximum Gasteiger partial charge on any atom is 0.102 e. The van der Waals surface area contributed by atoms with E-state index in [-0.39, 0.29) is 11.0 Å². The largest absolute Gasteiger partial charge is 0.316 e. The molecule has 0 saturated carbocycles. The summed E-state index contributed by atoms with van der Waals surface area (Å²) in [5.41, 5.74) is 3.80. The number of anilines is 1. The van der Waals surface area contributed by atoms with Gasteiger partial charge in [-0.2, -0.15) is 5.01 Å². The third kappa shape index (κ3) is 3.37. The van der Waals surface area contributed by atoms with E-state index in [0.717, 1.165) is 5.69 Å². The number of rotatable bonds is 4. The van der Waals surface area contributed by atoms with Crippen LogP contribution in [0.15, 0.2) is 30.3 Å². The molecule has 78 valence electrons. The number of hydrazine groups is 1. The van der Waals surface area contributed by atoms with Crippen LogP contribution in [-0.4, -0.2) is 16.0 Å². The van der Waals surface area contributed by atoms with Gasteiger partial charge < -0.3 is 5.43 Å². The number of halogens is 2. The topological polar surface area (TPSA) is 15.3 Å². The zero-order valence-corrected chi connectivity index (χ0v) is 9.76. The van der Waals surface area contributed by atoms with Crippen LogP contribution in [0.25, 0.3) is 0 Å². The van der Waals surface area contributed by atoms with Crippen molar-refractivity contribution in [3.8, 4) is 0 Å². The molecule has 1 aromatic rings. The molecular formula is C10H14Cl2N2. The second-order valence-corrected chi connectivity index (χ2v) is 4.30. The Morgan fingerprint density at radius 3 is 2.00 bits per heavy atom. The molecule has 2 atom stereocenters. The summed E-state index contributed by atoms with van der Waals surface area (Å²) in [6, 6.07) is 9.80. The lowest BCUT2D eigenvalue weighted by Crippen LogP contribution is -2.39. The maximum absolute atomic E-state index is 5.97. The smallest absolute Gasteiger partial charge is 0.102 e. The lowest BCUT2D eigenvalue weighted by atomic mass is 10.3. The van der Waals surface area contributed by atoms with E-state index in [9.17, 15) is 0 Å². The molecule has 0 spiro atoms. The van der Waals surface area contributed by atoms with Crippen molar-refractivity contribution in [2.75, 3.05) is 5.43 Å². The highest BCUT2D eigenvalue weighted by molar-refractivity contribution is 6.22. The number of nitrogens with zero attached hydrogens (tertiary/aromatic N) is 1. The Balaban J connectivity index is 2.65. The molecule has 0 radical (unpaired) electrons. The minimum Gasteiger partial charge on any atom is -0.316 e. The highest BCUT2D eigenvalue weighted by Gasteiger charge is 2.15. The Hall–Kier alpha value is -0.440. The second kappa shape index (κ2) is 5.44. The van der Waals surface area contributed by atoms with Crippen molar-refractivity contribution in [2.24, 2.45) is 0 Å². The van der Waals surface area contributed by atoms with Crippen LogP contribution < -0.4 is 5.43 Å². The first-order valence-electron chi connectivity index (χ1n) is 4.49. The molecule has 2 nitrogen and oxygen atoms in total. The minimum atomic E-state index is -0.164. The summed E-state index contributed by atoms with van der Waals surface area (Å²) < 4.78 is 0. The first-order chi connectivity index (χ1) is 6.61. The molecule has 0 fully saturated rings. The van der Waals surface area contributed by atoms with Crippen molar-refractivity contribution in [1.29, 1.82) is 0 Å². The van der Waals surface area contributed by atoms with Crippen molar-refractivity contribution >= 4 is 28.9 Å². The van der Waals surface area contributed by atoms with Crippen molar-refractivity contribution in [1.82, 2.24) is 5.01 Å². The summed E-state index contributed by atoms with van der Waals surface area (Å²) in [6.07, 6.45) is 0. The Morgan fingerprint density at radius 2 is 1.57 bits per heavy atom. The van der Waals surface area contributed by atoms with E-state index >= 15 is 0 Å². The van der Waals surface area contributed by atoms with Gasteiger partial charge in [0.25, 0.3) is 0 Å². The van der Waals surface area contributed by atoms with Crippen molar-refractivity contribution < 1.29 is 0 Å². The van der Waals surface area contributed by atoms with Gasteiger partial charge >= 0.3 is 0 Å². The van der Waals surface area contributed by atoms with E-state index < -0.39 is 0 Å². The molecule has 0 amide bonds. The highest BCUT2D eigenvalue weighted by atomic mass is 35.5. The van der Waals surface area contributed by atoms with Gasteiger partial charge in [0.15, 0.2) is 0 Å². The fourth-order valence-corrected chi connectivity index (χ4v) is 1.62. The molecule has 0 bridgehead atoms. The number of benzene rings is 1. The Kier molecular flexibility index (Phi) is 4.52. The van der Waals surface area contributed by atoms with Gasteiger partial charge in [0.2, 0.25) is 0 Å². The van der Waals surface area contributed by atoms with Crippen molar-refractivity contribution in [3.05, 3.63) is 30.3 Å². The molecule has 1 rings (SSSR count). The Labute approximate surface area is 94.8 Å². The molecular weight excluding hydrogens is 219 g/mol. The normalized spacial score (nSPS) is 15.2. The fourth-order valence-electron chi connectivity index (χ4n) is 1.12. The van der Waals surface area contributed by atoms with E-state index in [2.05, 4.69) is 5.43 Å². The van der Waals surface area contributed by atoms with Crippen LogP contribution >= 0.6 is 23.2 Å². The first-order valence-corrected chi connectivity index (χ1v) is 5.36. The average molecular weight is 233 g/mol. The number of para-hydroxylation sites is 1. The standard InChI is InChI=1S/C10H14Cl2N2/c1-8(11)14(9(2)12)13-10-6-4-3-5-7-10/h3-9,13H,1-2H3. The van der Waals surface area contributed by atoms with Crippen LogP contribution in [0.3, 0.4) is 0 Å². The minimum absolute atomic E-state index is 0.164. The van der Waals surface area contributed by atoms with E-state index in [1.165, 1.54) is 0 Å². The summed E-state index contributed by atoms with van der Waals surface area (Å²) in [5, 5.41) is 1.78. The van der Waals surface area contributed by atoms with Crippen LogP contribution in [0.2, 0.25) is 0 Å². The van der Waals surface area contributed by atoms with Gasteiger partial charge in [-0.3, -0.25) is 0 Å². The number of hydrogen-bond donors (Lipinski definition) is 1. The van der Waals surface area contributed by atoms with E-state index in [4.69, 9.17) is 23.2 Å². The molecule has 0 aliphatic rings. The third-order valence-electron chi connectivity index (χ3n) is 1.80. The van der Waals surface area contributed by atoms with Gasteiger partial charge in [0.1, 0.15) is 11.0 Å². The van der Waals surface area contributed by atoms with E-state index in [1.807, 2.05) is 44.2 Å². The van der Waals surface area contributed by atoms with Gasteiger partial charge in [0, 0.05) is 5.69 Å². The van der Waals surface area contributed by atoms with Crippen molar-refractivity contribution in [3.63, 3.8) is 0 Å². The molecule has 0 aliphatic heterocycles. The number of nitrogens with one attached hydrogen (secondary N) is 1. The molecule has 1 aromatic carbocycles.